The number of hydrogen-bond donors (Lipinski definition) is 0. The minimum atomic E-state index is -5.34. The van der Waals surface area contributed by atoms with Crippen LogP contribution >= 0.6 is 0 Å². The first-order valence-electron chi connectivity index (χ1n) is 5.64. The molecule has 1 heterocycles. The average molecular weight is 285 g/mol. The van der Waals surface area contributed by atoms with Crippen LogP contribution in [0.3, 0.4) is 0 Å². The van der Waals surface area contributed by atoms with Crippen LogP contribution in [0.2, 0.25) is 0 Å². The van der Waals surface area contributed by atoms with Crippen LogP contribution in [0.25, 0.3) is 0 Å². The van der Waals surface area contributed by atoms with Gasteiger partial charge in [0.15, 0.2) is 5.78 Å². The Morgan fingerprint density at radius 3 is 2.26 bits per heavy atom. The highest BCUT2D eigenvalue weighted by molar-refractivity contribution is 5.90. The Hall–Kier alpha value is -1.34. The lowest BCUT2D eigenvalue weighted by Crippen LogP contribution is -2.61. The van der Waals surface area contributed by atoms with Gasteiger partial charge < -0.3 is 9.64 Å². The van der Waals surface area contributed by atoms with E-state index in [1.54, 1.807) is 0 Å². The number of alkyl halides is 4. The van der Waals surface area contributed by atoms with E-state index in [9.17, 15) is 27.2 Å². The van der Waals surface area contributed by atoms with Crippen LogP contribution in [0.15, 0.2) is 0 Å². The SMILES string of the molecule is CC(C)(C)OC(=O)N1CCC(=O)C(F)(C(F)(F)F)C1. The summed E-state index contributed by atoms with van der Waals surface area (Å²) in [5, 5.41) is 0. The lowest BCUT2D eigenvalue weighted by atomic mass is 9.93. The van der Waals surface area contributed by atoms with Gasteiger partial charge in [-0.15, -0.1) is 0 Å². The first-order valence-corrected chi connectivity index (χ1v) is 5.64. The molecule has 0 aromatic rings. The highest BCUT2D eigenvalue weighted by Gasteiger charge is 2.63. The molecule has 0 saturated carbocycles. The number of halogens is 4. The molecule has 0 aromatic carbocycles. The van der Waals surface area contributed by atoms with E-state index in [2.05, 4.69) is 0 Å². The summed E-state index contributed by atoms with van der Waals surface area (Å²) in [6.45, 7) is 2.96. The third-order valence-electron chi connectivity index (χ3n) is 2.56. The molecule has 1 aliphatic heterocycles. The molecule has 4 nitrogen and oxygen atoms in total. The number of ketones is 1. The number of piperidine rings is 1. The van der Waals surface area contributed by atoms with E-state index in [1.807, 2.05) is 0 Å². The van der Waals surface area contributed by atoms with E-state index in [1.165, 1.54) is 20.8 Å². The number of likely N-dealkylation sites (tertiary alicyclic amines) is 1. The minimum absolute atomic E-state index is 0.282. The number of carbonyl (C=O) groups excluding carboxylic acids is 2. The smallest absolute Gasteiger partial charge is 0.431 e. The Morgan fingerprint density at radius 1 is 1.32 bits per heavy atom. The third kappa shape index (κ3) is 3.36. The van der Waals surface area contributed by atoms with Crippen LogP contribution in [0, 0.1) is 0 Å². The second kappa shape index (κ2) is 4.64. The number of Topliss-reactive ketones (excluding diaryl/α,β-unsaturated/α-hetero) is 1. The van der Waals surface area contributed by atoms with Crippen LogP contribution in [0.4, 0.5) is 22.4 Å². The normalized spacial score (nSPS) is 25.4. The number of carbonyl (C=O) groups is 2. The van der Waals surface area contributed by atoms with Crippen molar-refractivity contribution < 1.29 is 31.9 Å². The van der Waals surface area contributed by atoms with Crippen LogP contribution in [0.1, 0.15) is 27.2 Å². The van der Waals surface area contributed by atoms with Crippen LogP contribution in [0.5, 0.6) is 0 Å². The quantitative estimate of drug-likeness (QED) is 0.642. The van der Waals surface area contributed by atoms with Gasteiger partial charge in [0.25, 0.3) is 5.67 Å². The standard InChI is InChI=1S/C11H15F4NO3/c1-9(2,3)19-8(18)16-5-4-7(17)10(12,6-16)11(13,14)15/h4-6H2,1-3H3. The monoisotopic (exact) mass is 285 g/mol. The topological polar surface area (TPSA) is 46.6 Å². The molecule has 1 aliphatic rings. The lowest BCUT2D eigenvalue weighted by molar-refractivity contribution is -0.232. The largest absolute Gasteiger partial charge is 0.444 e. The summed E-state index contributed by atoms with van der Waals surface area (Å²) in [6.07, 6.45) is -7.09. The zero-order valence-electron chi connectivity index (χ0n) is 10.8. The van der Waals surface area contributed by atoms with Gasteiger partial charge in [-0.3, -0.25) is 4.79 Å². The first kappa shape index (κ1) is 15.7. The van der Waals surface area contributed by atoms with E-state index in [-0.39, 0.29) is 6.54 Å². The zero-order valence-corrected chi connectivity index (χ0v) is 10.8. The van der Waals surface area contributed by atoms with Crippen LogP contribution in [-0.2, 0) is 9.53 Å². The number of rotatable bonds is 0. The molecule has 1 rings (SSSR count). The molecule has 19 heavy (non-hydrogen) atoms. The number of amides is 1. The van der Waals surface area contributed by atoms with Crippen molar-refractivity contribution in [3.8, 4) is 0 Å². The van der Waals surface area contributed by atoms with Gasteiger partial charge >= 0.3 is 12.3 Å². The fourth-order valence-electron chi connectivity index (χ4n) is 1.59. The Bertz CT molecular complexity index is 388. The van der Waals surface area contributed by atoms with Gasteiger partial charge in [-0.25, -0.2) is 9.18 Å². The maximum atomic E-state index is 13.8. The van der Waals surface area contributed by atoms with Gasteiger partial charge in [0.1, 0.15) is 5.60 Å². The Balaban J connectivity index is 2.87. The molecule has 0 spiro atoms. The van der Waals surface area contributed by atoms with Gasteiger partial charge in [0.05, 0.1) is 6.54 Å². The van der Waals surface area contributed by atoms with Crippen molar-refractivity contribution in [2.75, 3.05) is 13.1 Å². The van der Waals surface area contributed by atoms with Crippen molar-refractivity contribution in [2.45, 2.75) is 44.6 Å². The summed E-state index contributed by atoms with van der Waals surface area (Å²) < 4.78 is 56.4. The van der Waals surface area contributed by atoms with E-state index in [0.717, 1.165) is 0 Å². The maximum absolute atomic E-state index is 13.8. The zero-order chi connectivity index (χ0) is 15.1. The van der Waals surface area contributed by atoms with Gasteiger partial charge in [-0.1, -0.05) is 0 Å². The first-order chi connectivity index (χ1) is 8.37. The van der Waals surface area contributed by atoms with Crippen molar-refractivity contribution in [3.05, 3.63) is 0 Å². The van der Waals surface area contributed by atoms with Gasteiger partial charge in [-0.2, -0.15) is 13.2 Å². The molecule has 0 N–H and O–H groups in total. The summed E-state index contributed by atoms with van der Waals surface area (Å²) in [7, 11) is 0. The molecule has 8 heteroatoms. The Morgan fingerprint density at radius 2 is 1.84 bits per heavy atom. The molecule has 1 unspecified atom stereocenters. The minimum Gasteiger partial charge on any atom is -0.444 e. The summed E-state index contributed by atoms with van der Waals surface area (Å²) in [5.74, 6) is -1.56. The molecule has 1 fully saturated rings. The summed E-state index contributed by atoms with van der Waals surface area (Å²) in [4.78, 5) is 23.3. The second-order valence-electron chi connectivity index (χ2n) is 5.37. The predicted molar refractivity (Wildman–Crippen MR) is 57.3 cm³/mol. The lowest BCUT2D eigenvalue weighted by Gasteiger charge is -2.37. The maximum Gasteiger partial charge on any atom is 0.431 e. The highest BCUT2D eigenvalue weighted by Crippen LogP contribution is 2.38. The second-order valence-corrected chi connectivity index (χ2v) is 5.37. The summed E-state index contributed by atoms with van der Waals surface area (Å²) >= 11 is 0. The van der Waals surface area contributed by atoms with Crippen molar-refractivity contribution >= 4 is 11.9 Å². The molecule has 1 amide bonds. The molecule has 1 saturated heterocycles. The third-order valence-corrected chi connectivity index (χ3v) is 2.56. The molecule has 110 valence electrons. The Kier molecular flexibility index (Phi) is 3.84. The summed E-state index contributed by atoms with van der Waals surface area (Å²) in [5.41, 5.74) is -4.92. The molecule has 0 aromatic heterocycles. The van der Waals surface area contributed by atoms with E-state index in [4.69, 9.17) is 4.74 Å². The van der Waals surface area contributed by atoms with Crippen molar-refractivity contribution in [1.29, 1.82) is 0 Å². The van der Waals surface area contributed by atoms with E-state index < -0.39 is 42.3 Å². The summed E-state index contributed by atoms with van der Waals surface area (Å²) in [6, 6.07) is 0. The molecular weight excluding hydrogens is 270 g/mol. The molecular formula is C11H15F4NO3. The highest BCUT2D eigenvalue weighted by atomic mass is 19.4. The molecule has 0 aliphatic carbocycles. The van der Waals surface area contributed by atoms with Crippen molar-refractivity contribution in [2.24, 2.45) is 0 Å². The van der Waals surface area contributed by atoms with Gasteiger partial charge in [-0.05, 0) is 20.8 Å². The van der Waals surface area contributed by atoms with E-state index in [0.29, 0.717) is 4.90 Å². The predicted octanol–water partition coefficient (Wildman–Crippen LogP) is 2.47. The van der Waals surface area contributed by atoms with Crippen LogP contribution in [-0.4, -0.2) is 47.3 Å². The molecule has 0 radical (unpaired) electrons. The van der Waals surface area contributed by atoms with Crippen molar-refractivity contribution in [3.63, 3.8) is 0 Å². The fourth-order valence-corrected chi connectivity index (χ4v) is 1.59. The van der Waals surface area contributed by atoms with Crippen LogP contribution < -0.4 is 0 Å². The molecule has 0 bridgehead atoms. The average Bonchev–Trinajstić information content (AvgIpc) is 2.17. The number of hydrogen-bond acceptors (Lipinski definition) is 3. The number of nitrogens with zero attached hydrogens (tertiary/aromatic N) is 1. The van der Waals surface area contributed by atoms with Gasteiger partial charge in [0.2, 0.25) is 0 Å². The fraction of sp³-hybridized carbons (Fsp3) is 0.818. The van der Waals surface area contributed by atoms with E-state index >= 15 is 0 Å². The number of ether oxygens (including phenoxy) is 1. The van der Waals surface area contributed by atoms with Gasteiger partial charge in [0, 0.05) is 13.0 Å². The molecule has 1 atom stereocenters. The van der Waals surface area contributed by atoms with Crippen molar-refractivity contribution in [1.82, 2.24) is 4.90 Å². The Labute approximate surface area is 107 Å².